The summed E-state index contributed by atoms with van der Waals surface area (Å²) in [5.41, 5.74) is 1.18. The lowest BCUT2D eigenvalue weighted by Crippen LogP contribution is -2.15. The quantitative estimate of drug-likeness (QED) is 0.290. The Morgan fingerprint density at radius 1 is 0.629 bits per heavy atom. The van der Waals surface area contributed by atoms with E-state index in [0.29, 0.717) is 27.8 Å². The highest BCUT2D eigenvalue weighted by atomic mass is 35.5. The van der Waals surface area contributed by atoms with Crippen LogP contribution >= 0.6 is 11.6 Å². The van der Waals surface area contributed by atoms with E-state index in [-0.39, 0.29) is 15.5 Å². The third-order valence-electron chi connectivity index (χ3n) is 5.04. The SMILES string of the molecule is Cc1c(Cl)cccc1NS(=O)(=O)c1ccc(NS(=O)(=O)c2ccc(Oc3ccccc3)cc2)cc1. The van der Waals surface area contributed by atoms with Crippen LogP contribution in [-0.4, -0.2) is 16.8 Å². The summed E-state index contributed by atoms with van der Waals surface area (Å²) in [4.78, 5) is 0.00921. The molecule has 0 heterocycles. The minimum Gasteiger partial charge on any atom is -0.457 e. The van der Waals surface area contributed by atoms with E-state index >= 15 is 0 Å². The Bertz CT molecular complexity index is 1540. The fourth-order valence-electron chi connectivity index (χ4n) is 3.15. The number of ether oxygens (including phenoxy) is 1. The molecule has 180 valence electrons. The maximum atomic E-state index is 12.8. The molecule has 0 amide bonds. The van der Waals surface area contributed by atoms with Crippen LogP contribution in [0.5, 0.6) is 11.5 Å². The summed E-state index contributed by atoms with van der Waals surface area (Å²) in [6, 6.07) is 25.4. The van der Waals surface area contributed by atoms with Gasteiger partial charge in [-0.3, -0.25) is 9.44 Å². The zero-order chi connectivity index (χ0) is 25.1. The van der Waals surface area contributed by atoms with Gasteiger partial charge in [0.05, 0.1) is 15.5 Å². The lowest BCUT2D eigenvalue weighted by atomic mass is 10.2. The molecule has 2 N–H and O–H groups in total. The van der Waals surface area contributed by atoms with E-state index < -0.39 is 20.0 Å². The van der Waals surface area contributed by atoms with Crippen molar-refractivity contribution in [2.24, 2.45) is 0 Å². The summed E-state index contributed by atoms with van der Waals surface area (Å²) in [7, 11) is -7.79. The number of sulfonamides is 2. The second-order valence-electron chi connectivity index (χ2n) is 7.53. The van der Waals surface area contributed by atoms with Crippen LogP contribution in [0.4, 0.5) is 11.4 Å². The maximum absolute atomic E-state index is 12.8. The smallest absolute Gasteiger partial charge is 0.261 e. The number of halogens is 1. The normalized spacial score (nSPS) is 11.6. The summed E-state index contributed by atoms with van der Waals surface area (Å²) >= 11 is 6.06. The summed E-state index contributed by atoms with van der Waals surface area (Å²) in [5.74, 6) is 1.13. The van der Waals surface area contributed by atoms with E-state index in [0.717, 1.165) is 0 Å². The first kappa shape index (κ1) is 24.6. The average Bonchev–Trinajstić information content (AvgIpc) is 2.83. The molecule has 0 aliphatic rings. The van der Waals surface area contributed by atoms with Crippen molar-refractivity contribution in [1.29, 1.82) is 0 Å². The largest absolute Gasteiger partial charge is 0.457 e. The fourth-order valence-corrected chi connectivity index (χ4v) is 5.51. The number of hydrogen-bond donors (Lipinski definition) is 2. The molecule has 0 spiro atoms. The van der Waals surface area contributed by atoms with E-state index in [1.807, 2.05) is 18.2 Å². The molecular formula is C25H21ClN2O5S2. The number of para-hydroxylation sites is 1. The molecule has 0 bridgehead atoms. The summed E-state index contributed by atoms with van der Waals surface area (Å²) in [6.07, 6.45) is 0. The van der Waals surface area contributed by atoms with E-state index in [1.165, 1.54) is 36.4 Å². The van der Waals surface area contributed by atoms with Gasteiger partial charge in [0.1, 0.15) is 11.5 Å². The summed E-state index contributed by atoms with van der Waals surface area (Å²) in [6.45, 7) is 1.71. The first-order valence-corrected chi connectivity index (χ1v) is 13.7. The van der Waals surface area contributed by atoms with Crippen molar-refractivity contribution in [1.82, 2.24) is 0 Å². The first-order valence-electron chi connectivity index (χ1n) is 10.4. The topological polar surface area (TPSA) is 102 Å². The minimum atomic E-state index is -3.90. The van der Waals surface area contributed by atoms with Crippen LogP contribution < -0.4 is 14.2 Å². The van der Waals surface area contributed by atoms with Crippen molar-refractivity contribution in [2.75, 3.05) is 9.44 Å². The van der Waals surface area contributed by atoms with Crippen molar-refractivity contribution in [2.45, 2.75) is 16.7 Å². The predicted octanol–water partition coefficient (Wildman–Crippen LogP) is 6.04. The third-order valence-corrected chi connectivity index (χ3v) is 8.23. The Balaban J connectivity index is 1.46. The van der Waals surface area contributed by atoms with Crippen LogP contribution in [-0.2, 0) is 20.0 Å². The van der Waals surface area contributed by atoms with Gasteiger partial charge < -0.3 is 4.74 Å². The van der Waals surface area contributed by atoms with Gasteiger partial charge in [0.15, 0.2) is 0 Å². The molecular weight excluding hydrogens is 508 g/mol. The van der Waals surface area contributed by atoms with Gasteiger partial charge in [-0.2, -0.15) is 0 Å². The molecule has 0 saturated heterocycles. The highest BCUT2D eigenvalue weighted by Gasteiger charge is 2.18. The first-order chi connectivity index (χ1) is 16.6. The maximum Gasteiger partial charge on any atom is 0.261 e. The van der Waals surface area contributed by atoms with Crippen molar-refractivity contribution < 1.29 is 21.6 Å². The molecule has 4 rings (SSSR count). The van der Waals surface area contributed by atoms with E-state index in [1.54, 1.807) is 49.4 Å². The zero-order valence-corrected chi connectivity index (χ0v) is 20.9. The lowest BCUT2D eigenvalue weighted by Gasteiger charge is -2.13. The Hall–Kier alpha value is -3.53. The summed E-state index contributed by atoms with van der Waals surface area (Å²) < 4.78 is 61.6. The Labute approximate surface area is 209 Å². The molecule has 0 radical (unpaired) electrons. The molecule has 7 nitrogen and oxygen atoms in total. The Kier molecular flexibility index (Phi) is 7.02. The molecule has 4 aromatic carbocycles. The third kappa shape index (κ3) is 5.94. The standard InChI is InChI=1S/C25H21ClN2O5S2/c1-18-24(26)8-5-9-25(18)28-35(31,32)22-14-10-19(11-15-22)27-34(29,30)23-16-12-21(13-17-23)33-20-6-3-2-4-7-20/h2-17,27-28H,1H3. The highest BCUT2D eigenvalue weighted by molar-refractivity contribution is 7.93. The fraction of sp³-hybridized carbons (Fsp3) is 0.0400. The second-order valence-corrected chi connectivity index (χ2v) is 11.3. The molecule has 0 fully saturated rings. The van der Waals surface area contributed by atoms with Crippen LogP contribution in [0, 0.1) is 6.92 Å². The number of benzene rings is 4. The van der Waals surface area contributed by atoms with Gasteiger partial charge in [-0.15, -0.1) is 0 Å². The minimum absolute atomic E-state index is 0.0257. The molecule has 0 atom stereocenters. The van der Waals surface area contributed by atoms with Gasteiger partial charge in [0.2, 0.25) is 0 Å². The number of rotatable bonds is 8. The number of anilines is 2. The monoisotopic (exact) mass is 528 g/mol. The lowest BCUT2D eigenvalue weighted by molar-refractivity contribution is 0.482. The average molecular weight is 529 g/mol. The molecule has 0 unspecified atom stereocenters. The Morgan fingerprint density at radius 3 is 1.80 bits per heavy atom. The van der Waals surface area contributed by atoms with Crippen LogP contribution in [0.1, 0.15) is 5.56 Å². The molecule has 10 heteroatoms. The molecule has 0 aliphatic heterocycles. The van der Waals surface area contributed by atoms with Gasteiger partial charge in [0, 0.05) is 10.7 Å². The van der Waals surface area contributed by atoms with Crippen LogP contribution in [0.2, 0.25) is 5.02 Å². The van der Waals surface area contributed by atoms with E-state index in [9.17, 15) is 16.8 Å². The summed E-state index contributed by atoms with van der Waals surface area (Å²) in [5, 5.41) is 0.439. The van der Waals surface area contributed by atoms with Gasteiger partial charge in [-0.1, -0.05) is 35.9 Å². The van der Waals surface area contributed by atoms with Crippen LogP contribution in [0.25, 0.3) is 0 Å². The van der Waals surface area contributed by atoms with E-state index in [4.69, 9.17) is 16.3 Å². The van der Waals surface area contributed by atoms with Gasteiger partial charge in [0.25, 0.3) is 20.0 Å². The zero-order valence-electron chi connectivity index (χ0n) is 18.5. The Morgan fingerprint density at radius 2 is 1.17 bits per heavy atom. The van der Waals surface area contributed by atoms with Crippen molar-refractivity contribution in [3.63, 3.8) is 0 Å². The molecule has 0 saturated carbocycles. The van der Waals surface area contributed by atoms with Crippen molar-refractivity contribution >= 4 is 43.0 Å². The van der Waals surface area contributed by atoms with Crippen molar-refractivity contribution in [3.8, 4) is 11.5 Å². The van der Waals surface area contributed by atoms with Gasteiger partial charge in [-0.05, 0) is 85.3 Å². The highest BCUT2D eigenvalue weighted by Crippen LogP contribution is 2.27. The number of hydrogen-bond acceptors (Lipinski definition) is 5. The van der Waals surface area contributed by atoms with Crippen LogP contribution in [0.15, 0.2) is 107 Å². The predicted molar refractivity (Wildman–Crippen MR) is 137 cm³/mol. The number of nitrogens with one attached hydrogen (secondary N) is 2. The molecule has 4 aromatic rings. The van der Waals surface area contributed by atoms with Gasteiger partial charge >= 0.3 is 0 Å². The molecule has 35 heavy (non-hydrogen) atoms. The van der Waals surface area contributed by atoms with Gasteiger partial charge in [-0.25, -0.2) is 16.8 Å². The van der Waals surface area contributed by atoms with Crippen LogP contribution in [0.3, 0.4) is 0 Å². The second kappa shape index (κ2) is 9.99. The molecule has 0 aliphatic carbocycles. The van der Waals surface area contributed by atoms with E-state index in [2.05, 4.69) is 9.44 Å². The van der Waals surface area contributed by atoms with Crippen molar-refractivity contribution in [3.05, 3.63) is 108 Å². The molecule has 0 aromatic heterocycles.